The summed E-state index contributed by atoms with van der Waals surface area (Å²) < 4.78 is 0. The van der Waals surface area contributed by atoms with E-state index in [1.165, 1.54) is 32.1 Å². The highest BCUT2D eigenvalue weighted by Crippen LogP contribution is 2.52. The second-order valence-corrected chi connectivity index (χ2v) is 4.72. The molecule has 70 valence electrons. The average Bonchev–Trinajstić information content (AvgIpc) is 2.61. The van der Waals surface area contributed by atoms with Crippen LogP contribution in [0.25, 0.3) is 0 Å². The highest BCUT2D eigenvalue weighted by atomic mass is 16.3. The molecule has 0 aromatic rings. The van der Waals surface area contributed by atoms with E-state index < -0.39 is 0 Å². The summed E-state index contributed by atoms with van der Waals surface area (Å²) in [6.45, 7) is 0.979. The van der Waals surface area contributed by atoms with Gasteiger partial charge in [0.1, 0.15) is 0 Å². The lowest BCUT2D eigenvalue weighted by Crippen LogP contribution is -2.32. The van der Waals surface area contributed by atoms with Gasteiger partial charge >= 0.3 is 0 Å². The molecule has 2 rings (SSSR count). The molecule has 0 radical (unpaired) electrons. The second-order valence-electron chi connectivity index (χ2n) is 4.72. The SMILES string of the molecule is NCC1(CO)CC2CCCC2C1. The predicted molar refractivity (Wildman–Crippen MR) is 48.6 cm³/mol. The molecule has 0 heterocycles. The third kappa shape index (κ3) is 1.17. The topological polar surface area (TPSA) is 46.2 Å². The molecule has 3 N–H and O–H groups in total. The van der Waals surface area contributed by atoms with E-state index in [9.17, 15) is 5.11 Å². The van der Waals surface area contributed by atoms with Gasteiger partial charge in [0.15, 0.2) is 0 Å². The van der Waals surface area contributed by atoms with E-state index in [1.807, 2.05) is 0 Å². The van der Waals surface area contributed by atoms with Gasteiger partial charge < -0.3 is 10.8 Å². The van der Waals surface area contributed by atoms with Crippen molar-refractivity contribution in [3.05, 3.63) is 0 Å². The Kier molecular flexibility index (Phi) is 2.13. The maximum absolute atomic E-state index is 9.29. The summed E-state index contributed by atoms with van der Waals surface area (Å²) in [4.78, 5) is 0. The number of aliphatic hydroxyl groups is 1. The van der Waals surface area contributed by atoms with Crippen LogP contribution in [-0.2, 0) is 0 Å². The molecule has 0 amide bonds. The maximum atomic E-state index is 9.29. The first-order chi connectivity index (χ1) is 5.79. The van der Waals surface area contributed by atoms with Crippen LogP contribution in [0, 0.1) is 17.3 Å². The minimum atomic E-state index is 0.107. The standard InChI is InChI=1S/C10H19NO/c11-6-10(7-12)4-8-2-1-3-9(8)5-10/h8-9,12H,1-7,11H2. The highest BCUT2D eigenvalue weighted by Gasteiger charge is 2.45. The number of nitrogens with two attached hydrogens (primary N) is 1. The average molecular weight is 169 g/mol. The molecule has 12 heavy (non-hydrogen) atoms. The molecule has 0 bridgehead atoms. The third-order valence-corrected chi connectivity index (χ3v) is 3.98. The van der Waals surface area contributed by atoms with Crippen molar-refractivity contribution in [2.45, 2.75) is 32.1 Å². The fraction of sp³-hybridized carbons (Fsp3) is 1.00. The molecule has 2 heteroatoms. The zero-order valence-corrected chi connectivity index (χ0v) is 7.63. The van der Waals surface area contributed by atoms with Crippen LogP contribution in [0.1, 0.15) is 32.1 Å². The van der Waals surface area contributed by atoms with Crippen molar-refractivity contribution >= 4 is 0 Å². The fourth-order valence-corrected chi connectivity index (χ4v) is 3.21. The number of fused-ring (bicyclic) bond motifs is 1. The van der Waals surface area contributed by atoms with Gasteiger partial charge in [-0.3, -0.25) is 0 Å². The Balaban J connectivity index is 2.05. The van der Waals surface area contributed by atoms with Crippen molar-refractivity contribution in [3.8, 4) is 0 Å². The lowest BCUT2D eigenvalue weighted by atomic mass is 9.85. The van der Waals surface area contributed by atoms with Crippen molar-refractivity contribution in [3.63, 3.8) is 0 Å². The van der Waals surface area contributed by atoms with E-state index >= 15 is 0 Å². The van der Waals surface area contributed by atoms with Crippen molar-refractivity contribution in [1.82, 2.24) is 0 Å². The number of hydrogen-bond donors (Lipinski definition) is 2. The first-order valence-electron chi connectivity index (χ1n) is 5.11. The zero-order valence-electron chi connectivity index (χ0n) is 7.63. The molecule has 2 fully saturated rings. The van der Waals surface area contributed by atoms with Crippen LogP contribution < -0.4 is 5.73 Å². The van der Waals surface area contributed by atoms with Gasteiger partial charge in [0.05, 0.1) is 0 Å². The highest BCUT2D eigenvalue weighted by molar-refractivity contribution is 4.96. The number of rotatable bonds is 2. The number of hydrogen-bond acceptors (Lipinski definition) is 2. The van der Waals surface area contributed by atoms with E-state index in [0.29, 0.717) is 13.2 Å². The quantitative estimate of drug-likeness (QED) is 0.651. The molecular formula is C10H19NO. The van der Waals surface area contributed by atoms with Crippen molar-refractivity contribution in [2.75, 3.05) is 13.2 Å². The van der Waals surface area contributed by atoms with Crippen LogP contribution in [0.4, 0.5) is 0 Å². The van der Waals surface area contributed by atoms with Crippen molar-refractivity contribution in [2.24, 2.45) is 23.0 Å². The Labute approximate surface area is 74.1 Å². The monoisotopic (exact) mass is 169 g/mol. The van der Waals surface area contributed by atoms with Gasteiger partial charge in [-0.25, -0.2) is 0 Å². The minimum Gasteiger partial charge on any atom is -0.396 e. The molecule has 2 atom stereocenters. The fourth-order valence-electron chi connectivity index (χ4n) is 3.21. The summed E-state index contributed by atoms with van der Waals surface area (Å²) in [6, 6.07) is 0. The van der Waals surface area contributed by atoms with Gasteiger partial charge in [-0.15, -0.1) is 0 Å². The van der Waals surface area contributed by atoms with E-state index in [2.05, 4.69) is 0 Å². The van der Waals surface area contributed by atoms with Crippen molar-refractivity contribution in [1.29, 1.82) is 0 Å². The van der Waals surface area contributed by atoms with Crippen LogP contribution >= 0.6 is 0 Å². The summed E-state index contributed by atoms with van der Waals surface area (Å²) in [7, 11) is 0. The summed E-state index contributed by atoms with van der Waals surface area (Å²) in [5.41, 5.74) is 5.83. The summed E-state index contributed by atoms with van der Waals surface area (Å²) in [5.74, 6) is 1.78. The molecule has 2 aliphatic carbocycles. The third-order valence-electron chi connectivity index (χ3n) is 3.98. The zero-order chi connectivity index (χ0) is 8.60. The van der Waals surface area contributed by atoms with Crippen LogP contribution in [0.3, 0.4) is 0 Å². The minimum absolute atomic E-state index is 0.107. The largest absolute Gasteiger partial charge is 0.396 e. The molecule has 0 aromatic heterocycles. The summed E-state index contributed by atoms with van der Waals surface area (Å²) >= 11 is 0. The smallest absolute Gasteiger partial charge is 0.0499 e. The lowest BCUT2D eigenvalue weighted by molar-refractivity contribution is 0.128. The summed E-state index contributed by atoms with van der Waals surface area (Å²) in [5, 5.41) is 9.29. The Hall–Kier alpha value is -0.0800. The van der Waals surface area contributed by atoms with Crippen LogP contribution in [0.15, 0.2) is 0 Å². The molecular weight excluding hydrogens is 150 g/mol. The number of aliphatic hydroxyl groups excluding tert-OH is 1. The van der Waals surface area contributed by atoms with Crippen LogP contribution in [0.2, 0.25) is 0 Å². The van der Waals surface area contributed by atoms with Gasteiger partial charge in [-0.1, -0.05) is 19.3 Å². The van der Waals surface area contributed by atoms with Gasteiger partial charge in [0.2, 0.25) is 0 Å². The van der Waals surface area contributed by atoms with E-state index in [0.717, 1.165) is 11.8 Å². The normalized spacial score (nSPS) is 46.5. The van der Waals surface area contributed by atoms with E-state index in [-0.39, 0.29) is 5.41 Å². The molecule has 0 saturated heterocycles. The Bertz CT molecular complexity index is 151. The first kappa shape index (κ1) is 8.52. The van der Waals surface area contributed by atoms with E-state index in [4.69, 9.17) is 5.73 Å². The Morgan fingerprint density at radius 3 is 2.25 bits per heavy atom. The molecule has 0 spiro atoms. The second kappa shape index (κ2) is 3.00. The Morgan fingerprint density at radius 2 is 1.83 bits per heavy atom. The molecule has 2 saturated carbocycles. The predicted octanol–water partition coefficient (Wildman–Crippen LogP) is 1.13. The molecule has 2 aliphatic rings. The lowest BCUT2D eigenvalue weighted by Gasteiger charge is -2.25. The molecule has 2 unspecified atom stereocenters. The maximum Gasteiger partial charge on any atom is 0.0499 e. The van der Waals surface area contributed by atoms with Gasteiger partial charge in [0, 0.05) is 18.6 Å². The van der Waals surface area contributed by atoms with E-state index in [1.54, 1.807) is 0 Å². The van der Waals surface area contributed by atoms with Crippen LogP contribution in [-0.4, -0.2) is 18.3 Å². The van der Waals surface area contributed by atoms with Gasteiger partial charge in [-0.05, 0) is 24.7 Å². The molecule has 0 aromatic carbocycles. The molecule has 0 aliphatic heterocycles. The Morgan fingerprint density at radius 1 is 1.25 bits per heavy atom. The van der Waals surface area contributed by atoms with Crippen molar-refractivity contribution < 1.29 is 5.11 Å². The van der Waals surface area contributed by atoms with Gasteiger partial charge in [-0.2, -0.15) is 0 Å². The summed E-state index contributed by atoms with van der Waals surface area (Å²) in [6.07, 6.45) is 6.54. The molecule has 2 nitrogen and oxygen atoms in total. The first-order valence-corrected chi connectivity index (χ1v) is 5.11. The van der Waals surface area contributed by atoms with Crippen LogP contribution in [0.5, 0.6) is 0 Å². The van der Waals surface area contributed by atoms with Gasteiger partial charge in [0.25, 0.3) is 0 Å².